The van der Waals surface area contributed by atoms with Gasteiger partial charge in [0.15, 0.2) is 16.5 Å². The molecule has 3 aromatic rings. The van der Waals surface area contributed by atoms with E-state index >= 15 is 0 Å². The molecule has 1 aliphatic rings. The van der Waals surface area contributed by atoms with E-state index in [1.807, 2.05) is 36.4 Å². The quantitative estimate of drug-likeness (QED) is 0.613. The molecule has 0 saturated carbocycles. The molecule has 0 fully saturated rings. The Morgan fingerprint density at radius 3 is 2.52 bits per heavy atom. The van der Waals surface area contributed by atoms with Gasteiger partial charge in [0.05, 0.1) is 32.5 Å². The number of nitrogens with one attached hydrogen (secondary N) is 1. The first-order valence-electron chi connectivity index (χ1n) is 9.78. The molecule has 1 atom stereocenters. The summed E-state index contributed by atoms with van der Waals surface area (Å²) in [6.07, 6.45) is 2.10. The van der Waals surface area contributed by atoms with Gasteiger partial charge in [0, 0.05) is 11.8 Å². The number of ether oxygens (including phenoxy) is 2. The van der Waals surface area contributed by atoms with Gasteiger partial charge in [-0.25, -0.2) is 13.1 Å². The van der Waals surface area contributed by atoms with Crippen molar-refractivity contribution in [3.05, 3.63) is 89.2 Å². The summed E-state index contributed by atoms with van der Waals surface area (Å²) in [5, 5.41) is 0.0224. The van der Waals surface area contributed by atoms with E-state index in [1.165, 1.54) is 0 Å². The lowest BCUT2D eigenvalue weighted by Gasteiger charge is -2.21. The van der Waals surface area contributed by atoms with Gasteiger partial charge in [-0.1, -0.05) is 36.4 Å². The number of nitrogens with zero attached hydrogens (tertiary/aromatic N) is 2. The third-order valence-electron chi connectivity index (χ3n) is 5.14. The minimum atomic E-state index is -3.89. The fourth-order valence-corrected chi connectivity index (χ4v) is 5.03. The van der Waals surface area contributed by atoms with Crippen LogP contribution < -0.4 is 14.2 Å². The smallest absolute Gasteiger partial charge is 0.258 e. The summed E-state index contributed by atoms with van der Waals surface area (Å²) >= 11 is 0. The largest absolute Gasteiger partial charge is 0.493 e. The molecular formula is C23H23N3O4S. The first-order valence-corrected chi connectivity index (χ1v) is 11.3. The normalized spacial score (nSPS) is 13.9. The van der Waals surface area contributed by atoms with E-state index in [-0.39, 0.29) is 11.6 Å². The van der Waals surface area contributed by atoms with Crippen LogP contribution >= 0.6 is 0 Å². The van der Waals surface area contributed by atoms with Gasteiger partial charge in [-0.2, -0.15) is 0 Å². The van der Waals surface area contributed by atoms with Gasteiger partial charge in [0.1, 0.15) is 0 Å². The van der Waals surface area contributed by atoms with Crippen LogP contribution in [0, 0.1) is 0 Å². The van der Waals surface area contributed by atoms with E-state index in [9.17, 15) is 8.42 Å². The molecule has 1 unspecified atom stereocenters. The van der Waals surface area contributed by atoms with Gasteiger partial charge >= 0.3 is 0 Å². The average Bonchev–Trinajstić information content (AvgIpc) is 3.24. The summed E-state index contributed by atoms with van der Waals surface area (Å²) in [5.41, 5.74) is 2.96. The number of hydrogen-bond donors (Lipinski definition) is 1. The van der Waals surface area contributed by atoms with Crippen molar-refractivity contribution in [3.63, 3.8) is 0 Å². The summed E-state index contributed by atoms with van der Waals surface area (Å²) in [6, 6.07) is 18.0. The molecule has 0 spiro atoms. The molecule has 0 bridgehead atoms. The Hall–Kier alpha value is -3.23. The highest BCUT2D eigenvalue weighted by Gasteiger charge is 2.31. The second-order valence-electron chi connectivity index (χ2n) is 7.10. The number of rotatable bonds is 7. The van der Waals surface area contributed by atoms with Crippen molar-refractivity contribution in [2.24, 2.45) is 4.99 Å². The second-order valence-corrected chi connectivity index (χ2v) is 8.73. The maximum Gasteiger partial charge on any atom is 0.258 e. The molecule has 1 aliphatic heterocycles. The summed E-state index contributed by atoms with van der Waals surface area (Å²) in [7, 11) is -0.776. The number of fused-ring (bicyclic) bond motifs is 1. The molecule has 0 aliphatic carbocycles. The summed E-state index contributed by atoms with van der Waals surface area (Å²) < 4.78 is 40.2. The van der Waals surface area contributed by atoms with Crippen molar-refractivity contribution < 1.29 is 17.9 Å². The van der Waals surface area contributed by atoms with Crippen LogP contribution in [0.3, 0.4) is 0 Å². The fraction of sp³-hybridized carbons (Fsp3) is 0.217. The van der Waals surface area contributed by atoms with Gasteiger partial charge < -0.3 is 9.47 Å². The van der Waals surface area contributed by atoms with Crippen LogP contribution in [-0.4, -0.2) is 32.7 Å². The zero-order valence-electron chi connectivity index (χ0n) is 17.3. The van der Waals surface area contributed by atoms with E-state index in [4.69, 9.17) is 9.47 Å². The van der Waals surface area contributed by atoms with Gasteiger partial charge in [0.2, 0.25) is 0 Å². The first-order chi connectivity index (χ1) is 15.0. The number of methoxy groups -OCH3 is 2. The Bertz CT molecular complexity index is 1210. The predicted molar refractivity (Wildman–Crippen MR) is 119 cm³/mol. The molecular weight excluding hydrogens is 414 g/mol. The number of benzene rings is 2. The Morgan fingerprint density at radius 2 is 1.77 bits per heavy atom. The number of pyridine rings is 1. The van der Waals surface area contributed by atoms with E-state index in [1.54, 1.807) is 44.7 Å². The van der Waals surface area contributed by atoms with Gasteiger partial charge in [-0.05, 0) is 41.8 Å². The Kier molecular flexibility index (Phi) is 6.01. The molecule has 0 amide bonds. The van der Waals surface area contributed by atoms with Crippen LogP contribution in [0.25, 0.3) is 0 Å². The molecule has 1 aromatic heterocycles. The van der Waals surface area contributed by atoms with Gasteiger partial charge in [-0.15, -0.1) is 0 Å². The van der Waals surface area contributed by atoms with Gasteiger partial charge in [0.25, 0.3) is 10.0 Å². The van der Waals surface area contributed by atoms with Crippen LogP contribution in [-0.2, 0) is 23.0 Å². The number of aromatic nitrogens is 1. The number of aliphatic imine (C=N–C) groups is 1. The second kappa shape index (κ2) is 8.87. The van der Waals surface area contributed by atoms with Crippen molar-refractivity contribution in [3.8, 4) is 11.5 Å². The third kappa shape index (κ3) is 4.45. The highest BCUT2D eigenvalue weighted by atomic mass is 32.2. The number of sulfonamides is 1. The Balaban J connectivity index is 1.70. The van der Waals surface area contributed by atoms with Crippen molar-refractivity contribution >= 4 is 15.1 Å². The molecule has 0 radical (unpaired) electrons. The minimum Gasteiger partial charge on any atom is -0.493 e. The van der Waals surface area contributed by atoms with E-state index in [0.717, 1.165) is 11.1 Å². The minimum absolute atomic E-state index is 0.0224. The van der Waals surface area contributed by atoms with E-state index in [0.29, 0.717) is 29.2 Å². The summed E-state index contributed by atoms with van der Waals surface area (Å²) in [6.45, 7) is 0.256. The molecule has 2 aromatic carbocycles. The lowest BCUT2D eigenvalue weighted by Crippen LogP contribution is -2.35. The summed E-state index contributed by atoms with van der Waals surface area (Å²) in [5.74, 6) is 1.11. The average molecular weight is 438 g/mol. The van der Waals surface area contributed by atoms with Gasteiger partial charge in [-0.3, -0.25) is 9.98 Å². The summed E-state index contributed by atoms with van der Waals surface area (Å²) in [4.78, 5) is 8.48. The maximum absolute atomic E-state index is 13.3. The third-order valence-corrected chi connectivity index (χ3v) is 6.59. The topological polar surface area (TPSA) is 89.9 Å². The van der Waals surface area contributed by atoms with Crippen LogP contribution in [0.15, 0.2) is 71.9 Å². The molecule has 2 heterocycles. The van der Waals surface area contributed by atoms with E-state index < -0.39 is 16.1 Å². The molecule has 1 N–H and O–H groups in total. The fourth-order valence-electron chi connectivity index (χ4n) is 3.61. The molecule has 160 valence electrons. The van der Waals surface area contributed by atoms with Crippen molar-refractivity contribution in [1.82, 2.24) is 9.71 Å². The zero-order chi connectivity index (χ0) is 21.8. The molecule has 31 heavy (non-hydrogen) atoms. The predicted octanol–water partition coefficient (Wildman–Crippen LogP) is 3.26. The van der Waals surface area contributed by atoms with Crippen LogP contribution in [0.2, 0.25) is 0 Å². The van der Waals surface area contributed by atoms with Crippen molar-refractivity contribution in [2.75, 3.05) is 14.2 Å². The van der Waals surface area contributed by atoms with Crippen molar-refractivity contribution in [2.45, 2.75) is 19.0 Å². The molecule has 8 heteroatoms. The monoisotopic (exact) mass is 437 g/mol. The lowest BCUT2D eigenvalue weighted by atomic mass is 9.99. The van der Waals surface area contributed by atoms with Crippen LogP contribution in [0.4, 0.5) is 0 Å². The Morgan fingerprint density at radius 1 is 1.00 bits per heavy atom. The van der Waals surface area contributed by atoms with Crippen LogP contribution in [0.5, 0.6) is 11.5 Å². The highest BCUT2D eigenvalue weighted by molar-refractivity contribution is 8.05. The first kappa shape index (κ1) is 21.0. The van der Waals surface area contributed by atoms with Crippen LogP contribution in [0.1, 0.15) is 28.4 Å². The number of hydrogen-bond acceptors (Lipinski definition) is 6. The van der Waals surface area contributed by atoms with Crippen molar-refractivity contribution in [1.29, 1.82) is 0 Å². The Labute approximate surface area is 181 Å². The highest BCUT2D eigenvalue weighted by Crippen LogP contribution is 2.32. The molecule has 4 rings (SSSR count). The molecule has 7 nitrogen and oxygen atoms in total. The maximum atomic E-state index is 13.3. The molecule has 0 saturated heterocycles. The SMILES string of the molecule is COc1ccc(C(Cc2ccccc2)NS(=O)(=O)C2=NCc3ncccc32)cc1OC. The van der Waals surface area contributed by atoms with E-state index in [2.05, 4.69) is 14.7 Å². The lowest BCUT2D eigenvalue weighted by molar-refractivity contribution is 0.354. The zero-order valence-corrected chi connectivity index (χ0v) is 18.1. The standard InChI is InChI=1S/C23H23N3O4S/c1-29-21-11-10-17(14-22(21)30-2)19(13-16-7-4-3-5-8-16)26-31(27,28)23-18-9-6-12-24-20(18)15-25-23/h3-12,14,19,26H,13,15H2,1-2H3.